The van der Waals surface area contributed by atoms with Crippen molar-refractivity contribution in [2.45, 2.75) is 59.7 Å². The molecule has 0 aliphatic rings. The van der Waals surface area contributed by atoms with Crippen molar-refractivity contribution in [3.05, 3.63) is 0 Å². The molecule has 0 aromatic rings. The molecular formula is C11H23NO4. The minimum absolute atomic E-state index is 0.667. The summed E-state index contributed by atoms with van der Waals surface area (Å²) in [6, 6.07) is 2.00. The second-order valence-electron chi connectivity index (χ2n) is 4.34. The highest BCUT2D eigenvalue weighted by Gasteiger charge is 2.15. The van der Waals surface area contributed by atoms with Gasteiger partial charge in [0.1, 0.15) is 0 Å². The third-order valence-electron chi connectivity index (χ3n) is 1.97. The van der Waals surface area contributed by atoms with E-state index in [1.165, 1.54) is 0 Å². The first-order valence-electron chi connectivity index (χ1n) is 5.34. The molecule has 0 amide bonds. The van der Waals surface area contributed by atoms with E-state index in [0.29, 0.717) is 18.1 Å². The van der Waals surface area contributed by atoms with Crippen LogP contribution in [0.2, 0.25) is 0 Å². The van der Waals surface area contributed by atoms with E-state index in [0.717, 1.165) is 0 Å². The minimum Gasteiger partial charge on any atom is -0.473 e. The number of aliphatic carboxylic acids is 2. The number of hydrogen-bond acceptors (Lipinski definition) is 3. The normalized spacial score (nSPS) is 10.6. The average molecular weight is 233 g/mol. The molecule has 0 radical (unpaired) electrons. The number of carboxylic acid groups (broad SMARTS) is 2. The average Bonchev–Trinajstić information content (AvgIpc) is 2.01. The van der Waals surface area contributed by atoms with Crippen molar-refractivity contribution in [1.29, 1.82) is 0 Å². The molecule has 0 fully saturated rings. The smallest absolute Gasteiger partial charge is 0.414 e. The highest BCUT2D eigenvalue weighted by Crippen LogP contribution is 2.08. The molecule has 0 aromatic heterocycles. The molecule has 0 heterocycles. The van der Waals surface area contributed by atoms with Crippen molar-refractivity contribution in [3.8, 4) is 0 Å². The lowest BCUT2D eigenvalue weighted by Crippen LogP contribution is -2.42. The topological polar surface area (TPSA) is 77.8 Å². The van der Waals surface area contributed by atoms with Crippen LogP contribution in [0.15, 0.2) is 0 Å². The molecule has 0 bridgehead atoms. The summed E-state index contributed by atoms with van der Waals surface area (Å²) in [5, 5.41) is 14.8. The molecule has 0 spiro atoms. The molecule has 0 saturated carbocycles. The van der Waals surface area contributed by atoms with Crippen LogP contribution in [-0.4, -0.2) is 45.2 Å². The van der Waals surface area contributed by atoms with Crippen LogP contribution in [0.4, 0.5) is 0 Å². The van der Waals surface area contributed by atoms with Crippen LogP contribution in [0, 0.1) is 0 Å². The largest absolute Gasteiger partial charge is 0.473 e. The fourth-order valence-electron chi connectivity index (χ4n) is 1.79. The first-order chi connectivity index (χ1) is 7.11. The van der Waals surface area contributed by atoms with E-state index in [1.54, 1.807) is 0 Å². The molecule has 5 heteroatoms. The van der Waals surface area contributed by atoms with Crippen molar-refractivity contribution in [2.24, 2.45) is 0 Å². The maximum atomic E-state index is 9.10. The van der Waals surface area contributed by atoms with Crippen LogP contribution in [0.1, 0.15) is 41.5 Å². The van der Waals surface area contributed by atoms with Crippen molar-refractivity contribution in [2.75, 3.05) is 0 Å². The first-order valence-corrected chi connectivity index (χ1v) is 5.34. The molecule has 0 aliphatic heterocycles. The first kappa shape index (κ1) is 17.3. The van der Waals surface area contributed by atoms with Crippen LogP contribution in [0.25, 0.3) is 0 Å². The Labute approximate surface area is 97.1 Å². The van der Waals surface area contributed by atoms with Gasteiger partial charge in [-0.05, 0) is 41.5 Å². The summed E-state index contributed by atoms with van der Waals surface area (Å²) >= 11 is 0. The van der Waals surface area contributed by atoms with Gasteiger partial charge in [0.2, 0.25) is 0 Å². The van der Waals surface area contributed by atoms with E-state index in [-0.39, 0.29) is 0 Å². The molecule has 2 N–H and O–H groups in total. The Morgan fingerprint density at radius 2 is 0.938 bits per heavy atom. The zero-order chi connectivity index (χ0) is 13.5. The number of rotatable bonds is 3. The number of nitrogens with zero attached hydrogens (tertiary/aromatic N) is 1. The number of hydrogen-bond donors (Lipinski definition) is 2. The summed E-state index contributed by atoms with van der Waals surface area (Å²) in [5.41, 5.74) is 0. The van der Waals surface area contributed by atoms with E-state index in [2.05, 4.69) is 46.4 Å². The van der Waals surface area contributed by atoms with Crippen molar-refractivity contribution in [3.63, 3.8) is 0 Å². The quantitative estimate of drug-likeness (QED) is 0.725. The lowest BCUT2D eigenvalue weighted by molar-refractivity contribution is -0.159. The minimum atomic E-state index is -1.82. The van der Waals surface area contributed by atoms with Crippen LogP contribution in [-0.2, 0) is 9.59 Å². The van der Waals surface area contributed by atoms with Gasteiger partial charge in [0.25, 0.3) is 0 Å². The number of carboxylic acids is 2. The monoisotopic (exact) mass is 233 g/mol. The second-order valence-corrected chi connectivity index (χ2v) is 4.34. The van der Waals surface area contributed by atoms with Gasteiger partial charge >= 0.3 is 11.9 Å². The van der Waals surface area contributed by atoms with Crippen LogP contribution in [0.5, 0.6) is 0 Å². The summed E-state index contributed by atoms with van der Waals surface area (Å²) in [4.78, 5) is 20.7. The Balaban J connectivity index is 0. The Kier molecular flexibility index (Phi) is 8.76. The maximum Gasteiger partial charge on any atom is 0.414 e. The van der Waals surface area contributed by atoms with Gasteiger partial charge in [-0.3, -0.25) is 4.90 Å². The summed E-state index contributed by atoms with van der Waals surface area (Å²) in [5.74, 6) is -3.65. The zero-order valence-electron chi connectivity index (χ0n) is 10.9. The van der Waals surface area contributed by atoms with Crippen molar-refractivity contribution in [1.82, 2.24) is 4.90 Å². The summed E-state index contributed by atoms with van der Waals surface area (Å²) in [6.07, 6.45) is 0. The van der Waals surface area contributed by atoms with Crippen molar-refractivity contribution < 1.29 is 19.8 Å². The third-order valence-corrected chi connectivity index (χ3v) is 1.97. The van der Waals surface area contributed by atoms with E-state index < -0.39 is 11.9 Å². The Morgan fingerprint density at radius 3 is 0.938 bits per heavy atom. The predicted octanol–water partition coefficient (Wildman–Crippen LogP) is 1.67. The van der Waals surface area contributed by atoms with Crippen LogP contribution >= 0.6 is 0 Å². The van der Waals surface area contributed by atoms with Gasteiger partial charge in [0.05, 0.1) is 0 Å². The Morgan fingerprint density at radius 1 is 0.750 bits per heavy atom. The van der Waals surface area contributed by atoms with E-state index >= 15 is 0 Å². The molecule has 0 rings (SSSR count). The highest BCUT2D eigenvalue weighted by atomic mass is 16.4. The van der Waals surface area contributed by atoms with E-state index in [1.807, 2.05) is 0 Å². The van der Waals surface area contributed by atoms with Gasteiger partial charge in [0.15, 0.2) is 0 Å². The van der Waals surface area contributed by atoms with Gasteiger partial charge < -0.3 is 10.2 Å². The van der Waals surface area contributed by atoms with Gasteiger partial charge in [0, 0.05) is 18.1 Å². The predicted molar refractivity (Wildman–Crippen MR) is 62.5 cm³/mol. The van der Waals surface area contributed by atoms with E-state index in [9.17, 15) is 0 Å². The second kappa shape index (κ2) is 8.10. The molecular weight excluding hydrogens is 210 g/mol. The molecule has 16 heavy (non-hydrogen) atoms. The summed E-state index contributed by atoms with van der Waals surface area (Å²) < 4.78 is 0. The zero-order valence-corrected chi connectivity index (χ0v) is 10.9. The maximum absolute atomic E-state index is 9.10. The van der Waals surface area contributed by atoms with Gasteiger partial charge in [-0.2, -0.15) is 0 Å². The Bertz CT molecular complexity index is 193. The SMILES string of the molecule is CC(C)N(C(C)C)C(C)C.O=C(O)C(=O)O. The summed E-state index contributed by atoms with van der Waals surface area (Å²) in [7, 11) is 0. The lowest BCUT2D eigenvalue weighted by Gasteiger charge is -2.34. The third kappa shape index (κ3) is 8.23. The van der Waals surface area contributed by atoms with Crippen molar-refractivity contribution >= 4 is 11.9 Å². The Hall–Kier alpha value is -1.10. The number of carbonyl (C=O) groups is 2. The fraction of sp³-hybridized carbons (Fsp3) is 0.818. The molecule has 0 unspecified atom stereocenters. The molecule has 0 aliphatic carbocycles. The summed E-state index contributed by atoms with van der Waals surface area (Å²) in [6.45, 7) is 13.5. The van der Waals surface area contributed by atoms with Crippen LogP contribution in [0.3, 0.4) is 0 Å². The molecule has 0 saturated heterocycles. The molecule has 5 nitrogen and oxygen atoms in total. The molecule has 0 aromatic carbocycles. The van der Waals surface area contributed by atoms with Gasteiger partial charge in [-0.25, -0.2) is 9.59 Å². The molecule has 0 atom stereocenters. The highest BCUT2D eigenvalue weighted by molar-refractivity contribution is 6.27. The lowest BCUT2D eigenvalue weighted by atomic mass is 10.2. The standard InChI is InChI=1S/C9H21N.C2H2O4/c1-7(2)10(8(3)4)9(5)6;3-1(4)2(5)6/h7-9H,1-6H3;(H,3,4)(H,5,6). The van der Waals surface area contributed by atoms with Crippen LogP contribution < -0.4 is 0 Å². The fourth-order valence-corrected chi connectivity index (χ4v) is 1.79. The van der Waals surface area contributed by atoms with Gasteiger partial charge in [-0.1, -0.05) is 0 Å². The van der Waals surface area contributed by atoms with Gasteiger partial charge in [-0.15, -0.1) is 0 Å². The van der Waals surface area contributed by atoms with E-state index in [4.69, 9.17) is 19.8 Å². The molecule has 96 valence electrons.